The van der Waals surface area contributed by atoms with Crippen LogP contribution in [0.1, 0.15) is 25.8 Å². The molecule has 3 N–H and O–H groups in total. The zero-order chi connectivity index (χ0) is 16.3. The number of sulfonamides is 1. The number of halogens is 1. The van der Waals surface area contributed by atoms with E-state index in [1.54, 1.807) is 30.5 Å². The van der Waals surface area contributed by atoms with Gasteiger partial charge in [0.15, 0.2) is 0 Å². The van der Waals surface area contributed by atoms with Crippen molar-refractivity contribution in [3.8, 4) is 0 Å². The molecule has 1 aromatic carbocycles. The van der Waals surface area contributed by atoms with Crippen LogP contribution in [0.3, 0.4) is 0 Å². The minimum Gasteiger partial charge on any atom is -0.329 e. The minimum atomic E-state index is -3.63. The molecule has 0 aliphatic rings. The minimum absolute atomic E-state index is 0. The van der Waals surface area contributed by atoms with Crippen molar-refractivity contribution < 1.29 is 8.42 Å². The standard InChI is InChI=1S/C16H23N3O2S.ClH/c1-11(2)9-13(10-17)19-22(20,21)15-7-6-12(3)16-14(15)5-4-8-18-16;/h4-8,11,13,19H,9-10,17H2,1-3H3;1H. The number of rotatable bonds is 6. The van der Waals surface area contributed by atoms with Gasteiger partial charge < -0.3 is 5.73 Å². The number of nitrogens with one attached hydrogen (secondary N) is 1. The lowest BCUT2D eigenvalue weighted by Crippen LogP contribution is -2.41. The average Bonchev–Trinajstić information content (AvgIpc) is 2.46. The molecule has 2 rings (SSSR count). The molecule has 0 radical (unpaired) electrons. The molecule has 0 spiro atoms. The van der Waals surface area contributed by atoms with E-state index in [1.807, 2.05) is 20.8 Å². The molecule has 0 fully saturated rings. The van der Waals surface area contributed by atoms with Gasteiger partial charge in [-0.15, -0.1) is 12.4 Å². The first-order valence-corrected chi connectivity index (χ1v) is 8.90. The van der Waals surface area contributed by atoms with Crippen molar-refractivity contribution in [1.82, 2.24) is 9.71 Å². The third-order valence-corrected chi connectivity index (χ3v) is 5.16. The van der Waals surface area contributed by atoms with E-state index in [-0.39, 0.29) is 29.9 Å². The number of nitrogens with zero attached hydrogens (tertiary/aromatic N) is 1. The van der Waals surface area contributed by atoms with Gasteiger partial charge >= 0.3 is 0 Å². The second kappa shape index (κ2) is 8.06. The highest BCUT2D eigenvalue weighted by Gasteiger charge is 2.22. The van der Waals surface area contributed by atoms with Crippen molar-refractivity contribution in [1.29, 1.82) is 0 Å². The molecule has 128 valence electrons. The quantitative estimate of drug-likeness (QED) is 0.832. The number of hydrogen-bond donors (Lipinski definition) is 2. The van der Waals surface area contributed by atoms with E-state index in [0.717, 1.165) is 5.56 Å². The first kappa shape index (κ1) is 19.8. The molecular formula is C16H24ClN3O2S. The van der Waals surface area contributed by atoms with Crippen molar-refractivity contribution in [3.05, 3.63) is 36.0 Å². The van der Waals surface area contributed by atoms with E-state index in [9.17, 15) is 8.42 Å². The molecule has 0 saturated carbocycles. The second-order valence-electron chi connectivity index (χ2n) is 5.96. The summed E-state index contributed by atoms with van der Waals surface area (Å²) >= 11 is 0. The molecule has 0 aliphatic heterocycles. The first-order valence-electron chi connectivity index (χ1n) is 7.42. The Bertz CT molecular complexity index is 763. The Morgan fingerprint density at radius 1 is 1.26 bits per heavy atom. The lowest BCUT2D eigenvalue weighted by Gasteiger charge is -2.19. The Hall–Kier alpha value is -1.21. The van der Waals surface area contributed by atoms with Gasteiger partial charge in [0.25, 0.3) is 0 Å². The summed E-state index contributed by atoms with van der Waals surface area (Å²) in [6, 6.07) is 6.67. The highest BCUT2D eigenvalue weighted by atomic mass is 35.5. The van der Waals surface area contributed by atoms with Gasteiger partial charge in [-0.3, -0.25) is 4.98 Å². The van der Waals surface area contributed by atoms with E-state index in [2.05, 4.69) is 9.71 Å². The number of benzene rings is 1. The van der Waals surface area contributed by atoms with Crippen molar-refractivity contribution >= 4 is 33.3 Å². The zero-order valence-electron chi connectivity index (χ0n) is 13.6. The fourth-order valence-electron chi connectivity index (χ4n) is 2.57. The molecule has 7 heteroatoms. The van der Waals surface area contributed by atoms with Gasteiger partial charge in [-0.25, -0.2) is 13.1 Å². The maximum Gasteiger partial charge on any atom is 0.241 e. The molecular weight excluding hydrogens is 334 g/mol. The largest absolute Gasteiger partial charge is 0.329 e. The van der Waals surface area contributed by atoms with Gasteiger partial charge in [-0.05, 0) is 43.0 Å². The van der Waals surface area contributed by atoms with E-state index in [4.69, 9.17) is 5.73 Å². The van der Waals surface area contributed by atoms with Crippen LogP contribution >= 0.6 is 12.4 Å². The highest BCUT2D eigenvalue weighted by molar-refractivity contribution is 7.89. The van der Waals surface area contributed by atoms with Crippen LogP contribution in [0.15, 0.2) is 35.4 Å². The molecule has 0 bridgehead atoms. The lowest BCUT2D eigenvalue weighted by molar-refractivity contribution is 0.465. The van der Waals surface area contributed by atoms with Crippen LogP contribution in [0.25, 0.3) is 10.9 Å². The molecule has 1 aromatic heterocycles. The van der Waals surface area contributed by atoms with Crippen LogP contribution in [0.5, 0.6) is 0 Å². The average molecular weight is 358 g/mol. The van der Waals surface area contributed by atoms with Crippen LogP contribution in [0.2, 0.25) is 0 Å². The van der Waals surface area contributed by atoms with Crippen LogP contribution in [-0.4, -0.2) is 26.0 Å². The fourth-order valence-corrected chi connectivity index (χ4v) is 4.03. The van der Waals surface area contributed by atoms with Gasteiger partial charge in [-0.1, -0.05) is 19.9 Å². The first-order chi connectivity index (χ1) is 10.3. The van der Waals surface area contributed by atoms with Crippen LogP contribution < -0.4 is 10.5 Å². The summed E-state index contributed by atoms with van der Waals surface area (Å²) in [5.41, 5.74) is 7.36. The monoisotopic (exact) mass is 357 g/mol. The lowest BCUT2D eigenvalue weighted by atomic mass is 10.1. The summed E-state index contributed by atoms with van der Waals surface area (Å²) in [5.74, 6) is 0.368. The maximum absolute atomic E-state index is 12.7. The van der Waals surface area contributed by atoms with Crippen molar-refractivity contribution in [3.63, 3.8) is 0 Å². The van der Waals surface area contributed by atoms with Crippen molar-refractivity contribution in [2.45, 2.75) is 38.1 Å². The number of fused-ring (bicyclic) bond motifs is 1. The Labute approximate surface area is 144 Å². The number of aryl methyl sites for hydroxylation is 1. The van der Waals surface area contributed by atoms with Crippen LogP contribution in [-0.2, 0) is 10.0 Å². The van der Waals surface area contributed by atoms with E-state index < -0.39 is 10.0 Å². The third kappa shape index (κ3) is 4.64. The topological polar surface area (TPSA) is 85.1 Å². The molecule has 1 heterocycles. The molecule has 23 heavy (non-hydrogen) atoms. The van der Waals surface area contributed by atoms with Crippen LogP contribution in [0, 0.1) is 12.8 Å². The predicted molar refractivity (Wildman–Crippen MR) is 96.3 cm³/mol. The molecule has 0 saturated heterocycles. The number of aromatic nitrogens is 1. The summed E-state index contributed by atoms with van der Waals surface area (Å²) in [6.45, 7) is 6.28. The highest BCUT2D eigenvalue weighted by Crippen LogP contribution is 2.24. The summed E-state index contributed by atoms with van der Waals surface area (Å²) in [4.78, 5) is 4.54. The Balaban J connectivity index is 0.00000264. The summed E-state index contributed by atoms with van der Waals surface area (Å²) in [6.07, 6.45) is 2.37. The van der Waals surface area contributed by atoms with Gasteiger partial charge in [0.2, 0.25) is 10.0 Å². The van der Waals surface area contributed by atoms with Gasteiger partial charge in [0.05, 0.1) is 10.4 Å². The molecule has 1 unspecified atom stereocenters. The SMILES string of the molecule is Cc1ccc(S(=O)(=O)NC(CN)CC(C)C)c2cccnc12.Cl. The molecule has 0 amide bonds. The van der Waals surface area contributed by atoms with Gasteiger partial charge in [0.1, 0.15) is 0 Å². The second-order valence-corrected chi connectivity index (χ2v) is 7.65. The Morgan fingerprint density at radius 3 is 2.57 bits per heavy atom. The fraction of sp³-hybridized carbons (Fsp3) is 0.438. The Kier molecular flexibility index (Phi) is 6.95. The van der Waals surface area contributed by atoms with Crippen molar-refractivity contribution in [2.24, 2.45) is 11.7 Å². The molecule has 1 atom stereocenters. The smallest absolute Gasteiger partial charge is 0.241 e. The molecule has 5 nitrogen and oxygen atoms in total. The van der Waals surface area contributed by atoms with Crippen LogP contribution in [0.4, 0.5) is 0 Å². The molecule has 0 aliphatic carbocycles. The summed E-state index contributed by atoms with van der Waals surface area (Å²) in [5, 5.41) is 0.635. The predicted octanol–water partition coefficient (Wildman–Crippen LogP) is 2.62. The maximum atomic E-state index is 12.7. The van der Waals surface area contributed by atoms with Gasteiger partial charge in [-0.2, -0.15) is 0 Å². The number of nitrogens with two attached hydrogens (primary N) is 1. The zero-order valence-corrected chi connectivity index (χ0v) is 15.2. The molecule has 2 aromatic rings. The third-order valence-electron chi connectivity index (χ3n) is 3.58. The Morgan fingerprint density at radius 2 is 1.96 bits per heavy atom. The van der Waals surface area contributed by atoms with Crippen molar-refractivity contribution in [2.75, 3.05) is 6.54 Å². The van der Waals surface area contributed by atoms with E-state index >= 15 is 0 Å². The van der Waals surface area contributed by atoms with Gasteiger partial charge in [0, 0.05) is 24.2 Å². The number of pyridine rings is 1. The van der Waals surface area contributed by atoms with E-state index in [0.29, 0.717) is 23.2 Å². The number of hydrogen-bond acceptors (Lipinski definition) is 4. The summed E-state index contributed by atoms with van der Waals surface area (Å²) < 4.78 is 28.1. The summed E-state index contributed by atoms with van der Waals surface area (Å²) in [7, 11) is -3.63. The normalized spacial score (nSPS) is 13.1. The van der Waals surface area contributed by atoms with E-state index in [1.165, 1.54) is 0 Å².